The van der Waals surface area contributed by atoms with Crippen molar-refractivity contribution in [1.82, 2.24) is 9.62 Å². The second kappa shape index (κ2) is 8.97. The van der Waals surface area contributed by atoms with E-state index in [1.54, 1.807) is 12.1 Å². The van der Waals surface area contributed by atoms with Crippen molar-refractivity contribution in [2.75, 3.05) is 31.5 Å². The molecule has 6 nitrogen and oxygen atoms in total. The third-order valence-electron chi connectivity index (χ3n) is 5.20. The van der Waals surface area contributed by atoms with Crippen LogP contribution in [0, 0.1) is 19.8 Å². The maximum absolute atomic E-state index is 12.8. The molecule has 146 valence electrons. The fraction of sp³-hybridized carbons (Fsp3) is 0.632. The number of aryl methyl sites for hydroxylation is 1. The smallest absolute Gasteiger partial charge is 0.243 e. The van der Waals surface area contributed by atoms with Crippen molar-refractivity contribution >= 4 is 21.6 Å². The predicted molar refractivity (Wildman–Crippen MR) is 105 cm³/mol. The summed E-state index contributed by atoms with van der Waals surface area (Å²) in [5, 5.41) is 6.23. The Balaban J connectivity index is 2.17. The molecule has 2 N–H and O–H groups in total. The normalized spacial score (nSPS) is 17.7. The summed E-state index contributed by atoms with van der Waals surface area (Å²) in [5.74, 6) is 0.495. The minimum Gasteiger partial charge on any atom is -0.326 e. The van der Waals surface area contributed by atoms with E-state index < -0.39 is 10.0 Å². The van der Waals surface area contributed by atoms with E-state index in [1.807, 2.05) is 27.7 Å². The monoisotopic (exact) mass is 381 g/mol. The number of nitrogens with one attached hydrogen (secondary N) is 2. The van der Waals surface area contributed by atoms with E-state index in [0.717, 1.165) is 37.1 Å². The van der Waals surface area contributed by atoms with E-state index in [0.29, 0.717) is 31.1 Å². The summed E-state index contributed by atoms with van der Waals surface area (Å²) in [7, 11) is -3.55. The summed E-state index contributed by atoms with van der Waals surface area (Å²) in [6, 6.07) is 3.27. The Kier molecular flexibility index (Phi) is 7.20. The van der Waals surface area contributed by atoms with Crippen LogP contribution in [0.3, 0.4) is 0 Å². The number of anilines is 1. The molecular formula is C19H31N3O3S. The van der Waals surface area contributed by atoms with E-state index in [9.17, 15) is 13.2 Å². The molecule has 7 heteroatoms. The van der Waals surface area contributed by atoms with Gasteiger partial charge in [-0.2, -0.15) is 4.31 Å². The highest BCUT2D eigenvalue weighted by Gasteiger charge is 2.23. The highest BCUT2D eigenvalue weighted by atomic mass is 32.2. The first kappa shape index (κ1) is 20.9. The van der Waals surface area contributed by atoms with E-state index in [2.05, 4.69) is 10.6 Å². The number of sulfonamides is 1. The van der Waals surface area contributed by atoms with E-state index >= 15 is 0 Å². The molecule has 0 aromatic heterocycles. The number of hydrogen-bond acceptors (Lipinski definition) is 4. The van der Waals surface area contributed by atoms with Gasteiger partial charge in [-0.3, -0.25) is 4.79 Å². The minimum atomic E-state index is -3.55. The molecule has 1 amide bonds. The number of benzene rings is 1. The highest BCUT2D eigenvalue weighted by molar-refractivity contribution is 7.89. The van der Waals surface area contributed by atoms with Gasteiger partial charge in [-0.25, -0.2) is 8.42 Å². The molecule has 26 heavy (non-hydrogen) atoms. The quantitative estimate of drug-likeness (QED) is 0.726. The molecule has 1 fully saturated rings. The Morgan fingerprint density at radius 1 is 1.27 bits per heavy atom. The van der Waals surface area contributed by atoms with Gasteiger partial charge < -0.3 is 10.6 Å². The van der Waals surface area contributed by atoms with Crippen LogP contribution >= 0.6 is 0 Å². The molecule has 1 saturated heterocycles. The molecular weight excluding hydrogens is 350 g/mol. The van der Waals surface area contributed by atoms with Gasteiger partial charge in [-0.15, -0.1) is 0 Å². The van der Waals surface area contributed by atoms with Crippen LogP contribution in [-0.4, -0.2) is 44.8 Å². The molecule has 1 aromatic rings. The summed E-state index contributed by atoms with van der Waals surface area (Å²) in [4.78, 5) is 12.6. The number of carbonyl (C=O) groups excluding carboxylic acids is 1. The third kappa shape index (κ3) is 4.84. The van der Waals surface area contributed by atoms with Crippen LogP contribution < -0.4 is 10.6 Å². The molecule has 1 unspecified atom stereocenters. The topological polar surface area (TPSA) is 78.5 Å². The maximum Gasteiger partial charge on any atom is 0.243 e. The number of rotatable bonds is 8. The van der Waals surface area contributed by atoms with E-state index in [4.69, 9.17) is 0 Å². The first-order valence-corrected chi connectivity index (χ1v) is 10.9. The van der Waals surface area contributed by atoms with Crippen molar-refractivity contribution in [3.05, 3.63) is 23.3 Å². The molecule has 1 aliphatic heterocycles. The number of amides is 1. The molecule has 2 rings (SSSR count). The Bertz CT molecular complexity index is 737. The first-order chi connectivity index (χ1) is 12.3. The number of carbonyl (C=O) groups is 1. The summed E-state index contributed by atoms with van der Waals surface area (Å²) in [5.41, 5.74) is 2.35. The lowest BCUT2D eigenvalue weighted by atomic mass is 10.0. The summed E-state index contributed by atoms with van der Waals surface area (Å²) < 4.78 is 27.0. The van der Waals surface area contributed by atoms with Crippen LogP contribution in [0.1, 0.15) is 44.2 Å². The zero-order chi connectivity index (χ0) is 19.3. The van der Waals surface area contributed by atoms with Gasteiger partial charge in [0.1, 0.15) is 0 Å². The van der Waals surface area contributed by atoms with Gasteiger partial charge in [-0.1, -0.05) is 13.8 Å². The van der Waals surface area contributed by atoms with Crippen molar-refractivity contribution in [1.29, 1.82) is 0 Å². The van der Waals surface area contributed by atoms with Crippen molar-refractivity contribution in [2.45, 2.75) is 51.9 Å². The van der Waals surface area contributed by atoms with Crippen molar-refractivity contribution in [2.24, 2.45) is 5.92 Å². The van der Waals surface area contributed by atoms with Crippen molar-refractivity contribution < 1.29 is 13.2 Å². The standard InChI is InChI=1S/C19H31N3O3S/c1-5-22(6-2)26(24,25)17-11-14(3)15(4)18(12-17)21-19(23)8-7-16-9-10-20-13-16/h11-12,16,20H,5-10,13H2,1-4H3,(H,21,23). The van der Waals surface area contributed by atoms with Crippen molar-refractivity contribution in [3.63, 3.8) is 0 Å². The molecule has 0 spiro atoms. The van der Waals surface area contributed by atoms with Gasteiger partial charge in [0.15, 0.2) is 0 Å². The zero-order valence-electron chi connectivity index (χ0n) is 16.3. The maximum atomic E-state index is 12.8. The van der Waals surface area contributed by atoms with Crippen LogP contribution in [0.4, 0.5) is 5.69 Å². The molecule has 1 aliphatic rings. The first-order valence-electron chi connectivity index (χ1n) is 9.41. The largest absolute Gasteiger partial charge is 0.326 e. The van der Waals surface area contributed by atoms with E-state index in [1.165, 1.54) is 4.31 Å². The average molecular weight is 382 g/mol. The summed E-state index contributed by atoms with van der Waals surface area (Å²) in [6.07, 6.45) is 2.43. The lowest BCUT2D eigenvalue weighted by molar-refractivity contribution is -0.116. The lowest BCUT2D eigenvalue weighted by Crippen LogP contribution is -2.30. The van der Waals surface area contributed by atoms with Crippen LogP contribution in [0.2, 0.25) is 0 Å². The molecule has 0 radical (unpaired) electrons. The molecule has 0 bridgehead atoms. The van der Waals surface area contributed by atoms with E-state index in [-0.39, 0.29) is 10.8 Å². The second-order valence-electron chi connectivity index (χ2n) is 6.95. The van der Waals surface area contributed by atoms with Crippen LogP contribution in [0.25, 0.3) is 0 Å². The van der Waals surface area contributed by atoms with Crippen LogP contribution in [-0.2, 0) is 14.8 Å². The zero-order valence-corrected chi connectivity index (χ0v) is 17.1. The summed E-state index contributed by atoms with van der Waals surface area (Å²) in [6.45, 7) is 10.3. The van der Waals surface area contributed by atoms with Gasteiger partial charge in [0.25, 0.3) is 0 Å². The fourth-order valence-electron chi connectivity index (χ4n) is 3.33. The Morgan fingerprint density at radius 3 is 2.54 bits per heavy atom. The highest BCUT2D eigenvalue weighted by Crippen LogP contribution is 2.26. The lowest BCUT2D eigenvalue weighted by Gasteiger charge is -2.20. The number of nitrogens with zero attached hydrogens (tertiary/aromatic N) is 1. The molecule has 1 aromatic carbocycles. The van der Waals surface area contributed by atoms with Gasteiger partial charge in [0.05, 0.1) is 4.90 Å². The van der Waals surface area contributed by atoms with Gasteiger partial charge in [0, 0.05) is 25.2 Å². The molecule has 1 heterocycles. The number of hydrogen-bond donors (Lipinski definition) is 2. The summed E-state index contributed by atoms with van der Waals surface area (Å²) >= 11 is 0. The second-order valence-corrected chi connectivity index (χ2v) is 8.89. The van der Waals surface area contributed by atoms with Crippen molar-refractivity contribution in [3.8, 4) is 0 Å². The van der Waals surface area contributed by atoms with Gasteiger partial charge in [0.2, 0.25) is 15.9 Å². The fourth-order valence-corrected chi connectivity index (χ4v) is 4.90. The predicted octanol–water partition coefficient (Wildman–Crippen LogP) is 2.66. The average Bonchev–Trinajstić information content (AvgIpc) is 3.11. The Morgan fingerprint density at radius 2 is 1.96 bits per heavy atom. The van der Waals surface area contributed by atoms with Gasteiger partial charge >= 0.3 is 0 Å². The third-order valence-corrected chi connectivity index (χ3v) is 7.23. The SMILES string of the molecule is CCN(CC)S(=O)(=O)c1cc(C)c(C)c(NC(=O)CCC2CCNC2)c1. The molecule has 1 atom stereocenters. The van der Waals surface area contributed by atoms with Crippen LogP contribution in [0.5, 0.6) is 0 Å². The Hall–Kier alpha value is -1.44. The van der Waals surface area contributed by atoms with Gasteiger partial charge in [-0.05, 0) is 69.0 Å². The van der Waals surface area contributed by atoms with Crippen LogP contribution in [0.15, 0.2) is 17.0 Å². The minimum absolute atomic E-state index is 0.0585. The Labute approximate surface area is 157 Å². The molecule has 0 aliphatic carbocycles. The molecule has 0 saturated carbocycles.